The maximum Gasteiger partial charge on any atom is 0.244 e. The van der Waals surface area contributed by atoms with Crippen molar-refractivity contribution in [2.45, 2.75) is 0 Å². The van der Waals surface area contributed by atoms with E-state index in [1.807, 2.05) is 48.5 Å². The summed E-state index contributed by atoms with van der Waals surface area (Å²) in [6.07, 6.45) is 7.44. The van der Waals surface area contributed by atoms with E-state index in [0.29, 0.717) is 11.3 Å². The molecule has 0 fully saturated rings. The Labute approximate surface area is 206 Å². The molecule has 0 atom stereocenters. The van der Waals surface area contributed by atoms with Gasteiger partial charge in [-0.1, -0.05) is 24.3 Å². The van der Waals surface area contributed by atoms with Gasteiger partial charge < -0.3 is 10.4 Å². The number of pyridine rings is 2. The molecule has 0 spiro atoms. The fourth-order valence-electron chi connectivity index (χ4n) is 3.44. The second-order valence-corrected chi connectivity index (χ2v) is 7.72. The van der Waals surface area contributed by atoms with Crippen LogP contribution in [0.25, 0.3) is 22.4 Å². The first kappa shape index (κ1) is 22.6. The van der Waals surface area contributed by atoms with Crippen molar-refractivity contribution in [2.24, 2.45) is 5.10 Å². The highest BCUT2D eigenvalue weighted by atomic mass is 19.1. The van der Waals surface area contributed by atoms with E-state index in [2.05, 4.69) is 35.8 Å². The van der Waals surface area contributed by atoms with Gasteiger partial charge in [0, 0.05) is 23.6 Å². The van der Waals surface area contributed by atoms with Crippen LogP contribution in [-0.2, 0) is 0 Å². The number of rotatable bonds is 7. The smallest absolute Gasteiger partial charge is 0.244 e. The number of hydrazone groups is 1. The summed E-state index contributed by atoms with van der Waals surface area (Å²) >= 11 is 0. The van der Waals surface area contributed by atoms with Crippen LogP contribution >= 0.6 is 0 Å². The Morgan fingerprint density at radius 1 is 0.806 bits per heavy atom. The molecule has 0 aliphatic rings. The molecule has 0 aliphatic heterocycles. The number of aromatic nitrogens is 4. The van der Waals surface area contributed by atoms with Crippen molar-refractivity contribution in [3.63, 3.8) is 0 Å². The van der Waals surface area contributed by atoms with Gasteiger partial charge in [-0.25, -0.2) is 19.8 Å². The fourth-order valence-corrected chi connectivity index (χ4v) is 3.44. The third kappa shape index (κ3) is 5.48. The predicted molar refractivity (Wildman–Crippen MR) is 138 cm³/mol. The van der Waals surface area contributed by atoms with Crippen LogP contribution in [-0.4, -0.2) is 31.3 Å². The van der Waals surface area contributed by atoms with Crippen molar-refractivity contribution in [1.29, 1.82) is 0 Å². The third-order valence-corrected chi connectivity index (χ3v) is 5.20. The van der Waals surface area contributed by atoms with Crippen LogP contribution in [0.15, 0.2) is 103 Å². The Morgan fingerprint density at radius 3 is 2.36 bits per heavy atom. The van der Waals surface area contributed by atoms with Crippen molar-refractivity contribution >= 4 is 23.5 Å². The molecular formula is C27H20FN7O. The minimum absolute atomic E-state index is 0.159. The average molecular weight is 478 g/mol. The van der Waals surface area contributed by atoms with E-state index in [0.717, 1.165) is 28.7 Å². The largest absolute Gasteiger partial charge is 0.508 e. The van der Waals surface area contributed by atoms with Gasteiger partial charge in [-0.2, -0.15) is 5.10 Å². The molecule has 0 saturated carbocycles. The van der Waals surface area contributed by atoms with Gasteiger partial charge in [0.1, 0.15) is 11.4 Å². The molecular weight excluding hydrogens is 457 g/mol. The highest BCUT2D eigenvalue weighted by Crippen LogP contribution is 2.25. The lowest BCUT2D eigenvalue weighted by Gasteiger charge is -2.08. The van der Waals surface area contributed by atoms with E-state index in [-0.39, 0.29) is 17.4 Å². The topological polar surface area (TPSA) is 108 Å². The molecule has 0 radical (unpaired) electrons. The monoisotopic (exact) mass is 477 g/mol. The number of nitrogens with zero attached hydrogens (tertiary/aromatic N) is 5. The Bertz CT molecular complexity index is 1490. The zero-order chi connectivity index (χ0) is 24.7. The van der Waals surface area contributed by atoms with Gasteiger partial charge in [0.25, 0.3) is 0 Å². The van der Waals surface area contributed by atoms with E-state index >= 15 is 0 Å². The van der Waals surface area contributed by atoms with Crippen molar-refractivity contribution in [2.75, 3.05) is 10.7 Å². The van der Waals surface area contributed by atoms with E-state index in [4.69, 9.17) is 0 Å². The minimum atomic E-state index is -0.533. The molecule has 0 saturated heterocycles. The molecule has 3 aromatic heterocycles. The predicted octanol–water partition coefficient (Wildman–Crippen LogP) is 5.63. The number of aromatic hydroxyl groups is 1. The lowest BCUT2D eigenvalue weighted by atomic mass is 10.1. The van der Waals surface area contributed by atoms with Gasteiger partial charge >= 0.3 is 0 Å². The third-order valence-electron chi connectivity index (χ3n) is 5.20. The molecule has 0 aliphatic carbocycles. The number of phenolic OH excluding ortho intramolecular Hbond substituents is 1. The van der Waals surface area contributed by atoms with Crippen molar-refractivity contribution in [3.05, 3.63) is 109 Å². The number of hydrogen-bond acceptors (Lipinski definition) is 8. The zero-order valence-electron chi connectivity index (χ0n) is 18.9. The standard InChI is InChI=1S/C27H20FN7O/c28-25-17-31-27(34-26(25)19-10-12-29-13-11-19)35-32-16-22-8-9-23(15-30-22)33-21-6-4-18(5-7-21)20-2-1-3-24(36)14-20/h1-17,33,36H,(H,31,34,35)/b32-16+. The Morgan fingerprint density at radius 2 is 1.61 bits per heavy atom. The van der Waals surface area contributed by atoms with Crippen molar-refractivity contribution in [1.82, 2.24) is 19.9 Å². The van der Waals surface area contributed by atoms with Crippen LogP contribution in [0.1, 0.15) is 5.69 Å². The van der Waals surface area contributed by atoms with Gasteiger partial charge in [0.05, 0.1) is 30.0 Å². The van der Waals surface area contributed by atoms with E-state index in [1.54, 1.807) is 42.9 Å². The second-order valence-electron chi connectivity index (χ2n) is 7.72. The quantitative estimate of drug-likeness (QED) is 0.206. The molecule has 2 aromatic carbocycles. The second kappa shape index (κ2) is 10.4. The lowest BCUT2D eigenvalue weighted by molar-refractivity contribution is 0.475. The molecule has 8 nitrogen and oxygen atoms in total. The lowest BCUT2D eigenvalue weighted by Crippen LogP contribution is -2.01. The average Bonchev–Trinajstić information content (AvgIpc) is 2.91. The SMILES string of the molecule is Oc1cccc(-c2ccc(Nc3ccc(/C=N/Nc4ncc(F)c(-c5ccncc5)n4)nc3)cc2)c1. The number of benzene rings is 2. The normalized spacial score (nSPS) is 10.9. The molecule has 36 heavy (non-hydrogen) atoms. The maximum atomic E-state index is 14.1. The first-order valence-electron chi connectivity index (χ1n) is 11.0. The number of halogens is 1. The maximum absolute atomic E-state index is 14.1. The van der Waals surface area contributed by atoms with Gasteiger partial charge in [0.2, 0.25) is 5.95 Å². The summed E-state index contributed by atoms with van der Waals surface area (Å²) in [5.41, 5.74) is 7.74. The molecule has 5 aromatic rings. The summed E-state index contributed by atoms with van der Waals surface area (Å²) in [7, 11) is 0. The number of phenols is 1. The molecule has 9 heteroatoms. The molecule has 176 valence electrons. The zero-order valence-corrected chi connectivity index (χ0v) is 18.9. The van der Waals surface area contributed by atoms with Crippen molar-refractivity contribution in [3.8, 4) is 28.1 Å². The Kier molecular flexibility index (Phi) is 6.53. The highest BCUT2D eigenvalue weighted by Gasteiger charge is 2.09. The van der Waals surface area contributed by atoms with Crippen LogP contribution in [0.4, 0.5) is 21.7 Å². The number of nitrogens with one attached hydrogen (secondary N) is 2. The van der Waals surface area contributed by atoms with Crippen LogP contribution in [0.5, 0.6) is 5.75 Å². The van der Waals surface area contributed by atoms with Crippen LogP contribution in [0, 0.1) is 5.82 Å². The summed E-state index contributed by atoms with van der Waals surface area (Å²) in [4.78, 5) is 16.4. The van der Waals surface area contributed by atoms with Crippen LogP contribution < -0.4 is 10.7 Å². The van der Waals surface area contributed by atoms with Gasteiger partial charge in [-0.05, 0) is 59.7 Å². The number of anilines is 3. The molecule has 5 rings (SSSR count). The summed E-state index contributed by atoms with van der Waals surface area (Å²) in [6, 6.07) is 22.0. The first-order chi connectivity index (χ1) is 17.6. The van der Waals surface area contributed by atoms with Crippen molar-refractivity contribution < 1.29 is 9.50 Å². The summed E-state index contributed by atoms with van der Waals surface area (Å²) in [5.74, 6) is -0.138. The molecule has 3 N–H and O–H groups in total. The number of hydrogen-bond donors (Lipinski definition) is 3. The molecule has 3 heterocycles. The molecule has 0 bridgehead atoms. The van der Waals surface area contributed by atoms with E-state index < -0.39 is 5.82 Å². The molecule has 0 unspecified atom stereocenters. The Hall–Kier alpha value is -5.18. The highest BCUT2D eigenvalue weighted by molar-refractivity contribution is 5.78. The van der Waals surface area contributed by atoms with E-state index in [9.17, 15) is 9.50 Å². The minimum Gasteiger partial charge on any atom is -0.508 e. The van der Waals surface area contributed by atoms with E-state index in [1.165, 1.54) is 6.21 Å². The van der Waals surface area contributed by atoms with Crippen LogP contribution in [0.3, 0.4) is 0 Å². The van der Waals surface area contributed by atoms with Gasteiger partial charge in [-0.15, -0.1) is 0 Å². The summed E-state index contributed by atoms with van der Waals surface area (Å²) in [5, 5.41) is 17.1. The first-order valence-corrected chi connectivity index (χ1v) is 11.0. The molecule has 0 amide bonds. The van der Waals surface area contributed by atoms with Crippen LogP contribution in [0.2, 0.25) is 0 Å². The fraction of sp³-hybridized carbons (Fsp3) is 0. The Balaban J connectivity index is 1.20. The summed E-state index contributed by atoms with van der Waals surface area (Å²) in [6.45, 7) is 0. The van der Waals surface area contributed by atoms with Gasteiger partial charge in [-0.3, -0.25) is 9.97 Å². The summed E-state index contributed by atoms with van der Waals surface area (Å²) < 4.78 is 14.1. The van der Waals surface area contributed by atoms with Gasteiger partial charge in [0.15, 0.2) is 5.82 Å².